The van der Waals surface area contributed by atoms with Crippen molar-refractivity contribution >= 4 is 17.6 Å². The SMILES string of the molecule is COc1ccc(C2=C(CC(C)OC(=O)OC3CCCCC3)N3C(=O)[C@H]([C@@H](C)O)[C@H]3C2)cc1. The van der Waals surface area contributed by atoms with Gasteiger partial charge in [-0.1, -0.05) is 18.6 Å². The van der Waals surface area contributed by atoms with Crippen LogP contribution in [-0.2, 0) is 14.3 Å². The smallest absolute Gasteiger partial charge is 0.497 e. The number of benzene rings is 1. The Morgan fingerprint density at radius 3 is 2.47 bits per heavy atom. The zero-order valence-electron chi connectivity index (χ0n) is 19.1. The summed E-state index contributed by atoms with van der Waals surface area (Å²) >= 11 is 0. The van der Waals surface area contributed by atoms with E-state index in [2.05, 4.69) is 0 Å². The second kappa shape index (κ2) is 9.53. The van der Waals surface area contributed by atoms with Crippen molar-refractivity contribution in [3.05, 3.63) is 35.5 Å². The molecule has 32 heavy (non-hydrogen) atoms. The Morgan fingerprint density at radius 1 is 1.16 bits per heavy atom. The van der Waals surface area contributed by atoms with E-state index in [1.165, 1.54) is 6.42 Å². The van der Waals surface area contributed by atoms with E-state index in [0.717, 1.165) is 48.3 Å². The molecule has 0 spiro atoms. The van der Waals surface area contributed by atoms with Crippen molar-refractivity contribution in [2.75, 3.05) is 7.11 Å². The highest BCUT2D eigenvalue weighted by Crippen LogP contribution is 2.48. The number of carbonyl (C=O) groups is 2. The molecular formula is C25H33NO6. The standard InChI is InChI=1S/C25H33NO6/c1-15(31-25(29)32-19-7-5-4-6-8-19)13-21-20(17-9-11-18(30-3)12-10-17)14-22-23(16(2)27)24(28)26(21)22/h9-12,15-16,19,22-23,27H,4-8,13-14H2,1-3H3/t15?,16-,22-,23-/m1/s1. The average Bonchev–Trinajstić information content (AvgIpc) is 3.07. The summed E-state index contributed by atoms with van der Waals surface area (Å²) in [4.78, 5) is 26.9. The van der Waals surface area contributed by atoms with Crippen LogP contribution in [-0.4, -0.2) is 53.5 Å². The van der Waals surface area contributed by atoms with Gasteiger partial charge in [0.25, 0.3) is 0 Å². The van der Waals surface area contributed by atoms with Gasteiger partial charge in [0.15, 0.2) is 0 Å². The number of aliphatic hydroxyl groups is 1. The zero-order chi connectivity index (χ0) is 22.8. The molecule has 0 aromatic heterocycles. The van der Waals surface area contributed by atoms with Gasteiger partial charge in [0.1, 0.15) is 18.0 Å². The summed E-state index contributed by atoms with van der Waals surface area (Å²) < 4.78 is 16.3. The lowest BCUT2D eigenvalue weighted by Crippen LogP contribution is -2.61. The monoisotopic (exact) mass is 443 g/mol. The number of ether oxygens (including phenoxy) is 3. The van der Waals surface area contributed by atoms with Crippen LogP contribution in [0.4, 0.5) is 4.79 Å². The van der Waals surface area contributed by atoms with E-state index in [1.807, 2.05) is 31.2 Å². The maximum absolute atomic E-state index is 12.8. The van der Waals surface area contributed by atoms with Crippen molar-refractivity contribution in [3.8, 4) is 5.75 Å². The van der Waals surface area contributed by atoms with Crippen LogP contribution in [0.25, 0.3) is 5.57 Å². The van der Waals surface area contributed by atoms with Gasteiger partial charge in [-0.05, 0) is 69.2 Å². The number of hydrogen-bond acceptors (Lipinski definition) is 6. The normalized spacial score (nSPS) is 25.1. The number of β-lactam (4-membered cyclic amide) rings is 1. The van der Waals surface area contributed by atoms with Crippen LogP contribution < -0.4 is 4.74 Å². The van der Waals surface area contributed by atoms with Crippen LogP contribution in [0.3, 0.4) is 0 Å². The Balaban J connectivity index is 1.49. The summed E-state index contributed by atoms with van der Waals surface area (Å²) in [7, 11) is 1.62. The van der Waals surface area contributed by atoms with E-state index in [9.17, 15) is 14.7 Å². The molecule has 4 atom stereocenters. The van der Waals surface area contributed by atoms with Crippen LogP contribution in [0.2, 0.25) is 0 Å². The molecule has 1 unspecified atom stereocenters. The summed E-state index contributed by atoms with van der Waals surface area (Å²) in [5.74, 6) is 0.297. The number of amides is 1. The number of methoxy groups -OCH3 is 1. The summed E-state index contributed by atoms with van der Waals surface area (Å²) in [6.45, 7) is 3.49. The van der Waals surface area contributed by atoms with Gasteiger partial charge in [-0.3, -0.25) is 4.79 Å². The number of nitrogens with zero attached hydrogens (tertiary/aromatic N) is 1. The molecule has 1 aliphatic carbocycles. The Bertz CT molecular complexity index is 871. The van der Waals surface area contributed by atoms with Gasteiger partial charge in [-0.15, -0.1) is 0 Å². The third kappa shape index (κ3) is 4.49. The van der Waals surface area contributed by atoms with Crippen molar-refractivity contribution in [2.45, 2.75) is 83.1 Å². The quantitative estimate of drug-likeness (QED) is 0.500. The van der Waals surface area contributed by atoms with Crippen LogP contribution in [0.15, 0.2) is 30.0 Å². The fourth-order valence-corrected chi connectivity index (χ4v) is 5.24. The predicted octanol–water partition coefficient (Wildman–Crippen LogP) is 4.28. The van der Waals surface area contributed by atoms with Crippen molar-refractivity contribution in [2.24, 2.45) is 5.92 Å². The van der Waals surface area contributed by atoms with E-state index in [0.29, 0.717) is 12.8 Å². The molecule has 1 aromatic rings. The van der Waals surface area contributed by atoms with Crippen LogP contribution in [0.5, 0.6) is 5.75 Å². The minimum atomic E-state index is -0.695. The van der Waals surface area contributed by atoms with Gasteiger partial charge >= 0.3 is 6.16 Å². The molecule has 3 aliphatic rings. The van der Waals surface area contributed by atoms with Gasteiger partial charge in [0, 0.05) is 12.1 Å². The largest absolute Gasteiger partial charge is 0.508 e. The molecule has 1 amide bonds. The third-order valence-electron chi connectivity index (χ3n) is 6.87. The number of aliphatic hydroxyl groups excluding tert-OH is 1. The van der Waals surface area contributed by atoms with E-state index < -0.39 is 24.3 Å². The fraction of sp³-hybridized carbons (Fsp3) is 0.600. The summed E-state index contributed by atoms with van der Waals surface area (Å²) in [5, 5.41) is 10.1. The Morgan fingerprint density at radius 2 is 1.84 bits per heavy atom. The number of fused-ring (bicyclic) bond motifs is 1. The lowest BCUT2D eigenvalue weighted by atomic mass is 9.82. The first-order chi connectivity index (χ1) is 15.4. The summed E-state index contributed by atoms with van der Waals surface area (Å²) in [6, 6.07) is 7.68. The molecule has 0 bridgehead atoms. The Kier molecular flexibility index (Phi) is 6.74. The molecule has 2 heterocycles. The van der Waals surface area contributed by atoms with Crippen molar-refractivity contribution in [3.63, 3.8) is 0 Å². The first kappa shape index (κ1) is 22.6. The second-order valence-corrected chi connectivity index (χ2v) is 9.16. The lowest BCUT2D eigenvalue weighted by molar-refractivity contribution is -0.157. The minimum Gasteiger partial charge on any atom is -0.497 e. The minimum absolute atomic E-state index is 0.0582. The molecule has 0 radical (unpaired) electrons. The molecule has 1 saturated heterocycles. The first-order valence-electron chi connectivity index (χ1n) is 11.6. The van der Waals surface area contributed by atoms with Crippen LogP contribution in [0, 0.1) is 5.92 Å². The molecular weight excluding hydrogens is 410 g/mol. The lowest BCUT2D eigenvalue weighted by Gasteiger charge is -2.45. The Hall–Kier alpha value is -2.54. The molecule has 4 rings (SSSR count). The molecule has 7 nitrogen and oxygen atoms in total. The second-order valence-electron chi connectivity index (χ2n) is 9.16. The molecule has 1 N–H and O–H groups in total. The van der Waals surface area contributed by atoms with Crippen LogP contribution in [0.1, 0.15) is 64.4 Å². The molecule has 2 aliphatic heterocycles. The fourth-order valence-electron chi connectivity index (χ4n) is 5.24. The van der Waals surface area contributed by atoms with E-state index >= 15 is 0 Å². The van der Waals surface area contributed by atoms with Crippen molar-refractivity contribution in [1.29, 1.82) is 0 Å². The van der Waals surface area contributed by atoms with E-state index in [4.69, 9.17) is 14.2 Å². The Labute approximate surface area is 189 Å². The maximum Gasteiger partial charge on any atom is 0.508 e. The summed E-state index contributed by atoms with van der Waals surface area (Å²) in [6.07, 6.45) is 4.38. The molecule has 2 fully saturated rings. The summed E-state index contributed by atoms with van der Waals surface area (Å²) in [5.41, 5.74) is 2.91. The van der Waals surface area contributed by atoms with E-state index in [1.54, 1.807) is 18.9 Å². The van der Waals surface area contributed by atoms with Crippen LogP contribution >= 0.6 is 0 Å². The third-order valence-corrected chi connectivity index (χ3v) is 6.87. The highest BCUT2D eigenvalue weighted by Gasteiger charge is 2.55. The topological polar surface area (TPSA) is 85.3 Å². The predicted molar refractivity (Wildman–Crippen MR) is 119 cm³/mol. The van der Waals surface area contributed by atoms with Crippen molar-refractivity contribution < 1.29 is 28.9 Å². The maximum atomic E-state index is 12.8. The number of hydrogen-bond donors (Lipinski definition) is 1. The first-order valence-corrected chi connectivity index (χ1v) is 11.6. The van der Waals surface area contributed by atoms with Gasteiger partial charge in [0.2, 0.25) is 5.91 Å². The van der Waals surface area contributed by atoms with Gasteiger partial charge in [-0.25, -0.2) is 4.79 Å². The highest BCUT2D eigenvalue weighted by atomic mass is 16.7. The molecule has 174 valence electrons. The van der Waals surface area contributed by atoms with E-state index in [-0.39, 0.29) is 18.1 Å². The van der Waals surface area contributed by atoms with Gasteiger partial charge in [0.05, 0.1) is 25.2 Å². The van der Waals surface area contributed by atoms with Gasteiger partial charge < -0.3 is 24.2 Å². The molecule has 7 heteroatoms. The highest BCUT2D eigenvalue weighted by molar-refractivity contribution is 5.93. The molecule has 1 aromatic carbocycles. The molecule has 1 saturated carbocycles. The van der Waals surface area contributed by atoms with Crippen molar-refractivity contribution in [1.82, 2.24) is 4.90 Å². The van der Waals surface area contributed by atoms with Gasteiger partial charge in [-0.2, -0.15) is 0 Å². The average molecular weight is 444 g/mol. The number of rotatable bonds is 7. The zero-order valence-corrected chi connectivity index (χ0v) is 19.1. The number of carbonyl (C=O) groups excluding carboxylic acids is 2.